The van der Waals surface area contributed by atoms with Crippen LogP contribution in [0.2, 0.25) is 0 Å². The van der Waals surface area contributed by atoms with Crippen LogP contribution in [-0.2, 0) is 0 Å². The quantitative estimate of drug-likeness (QED) is 0.448. The number of fused-ring (bicyclic) bond motifs is 2. The molecule has 160 valence electrons. The Morgan fingerprint density at radius 3 is 2.81 bits per heavy atom. The van der Waals surface area contributed by atoms with E-state index in [2.05, 4.69) is 59.3 Å². The maximum atomic E-state index is 10.6. The van der Waals surface area contributed by atoms with Gasteiger partial charge in [-0.15, -0.1) is 0 Å². The second-order valence-corrected chi connectivity index (χ2v) is 8.83. The highest BCUT2D eigenvalue weighted by molar-refractivity contribution is 5.85. The molecule has 2 heterocycles. The molecule has 0 spiro atoms. The van der Waals surface area contributed by atoms with Gasteiger partial charge in [0.1, 0.15) is 18.5 Å². The van der Waals surface area contributed by atoms with Gasteiger partial charge in [0.05, 0.1) is 0 Å². The van der Waals surface area contributed by atoms with Crippen molar-refractivity contribution in [2.24, 2.45) is 0 Å². The number of hydrogen-bond acceptors (Lipinski definition) is 3. The molecule has 1 fully saturated rings. The Labute approximate surface area is 183 Å². The largest absolute Gasteiger partial charge is 0.490 e. The second kappa shape index (κ2) is 8.74. The van der Waals surface area contributed by atoms with Crippen LogP contribution >= 0.6 is 0 Å². The third-order valence-electron chi connectivity index (χ3n) is 6.69. The van der Waals surface area contributed by atoms with Gasteiger partial charge >= 0.3 is 0 Å². The van der Waals surface area contributed by atoms with Crippen molar-refractivity contribution in [2.45, 2.75) is 37.8 Å². The lowest BCUT2D eigenvalue weighted by molar-refractivity contribution is 0.0406. The number of ether oxygens (including phenoxy) is 1. The van der Waals surface area contributed by atoms with Crippen molar-refractivity contribution in [1.29, 1.82) is 0 Å². The van der Waals surface area contributed by atoms with Gasteiger partial charge in [-0.2, -0.15) is 0 Å². The lowest BCUT2D eigenvalue weighted by Gasteiger charge is -2.39. The van der Waals surface area contributed by atoms with Crippen LogP contribution in [0.5, 0.6) is 5.75 Å². The number of β-amino-alcohol motifs (C(OH)–C–C–N with tert-alkyl or cyclic N) is 1. The summed E-state index contributed by atoms with van der Waals surface area (Å²) >= 11 is 0. The van der Waals surface area contributed by atoms with Gasteiger partial charge in [-0.3, -0.25) is 4.90 Å². The Hall–Kier alpha value is -2.82. The first-order chi connectivity index (χ1) is 15.2. The van der Waals surface area contributed by atoms with E-state index in [9.17, 15) is 5.11 Å². The zero-order chi connectivity index (χ0) is 21.2. The summed E-state index contributed by atoms with van der Waals surface area (Å²) in [7, 11) is 0. The molecule has 0 radical (unpaired) electrons. The molecule has 1 aliphatic heterocycles. The molecule has 0 amide bonds. The molecule has 2 N–H and O–H groups in total. The van der Waals surface area contributed by atoms with Gasteiger partial charge in [-0.25, -0.2) is 0 Å². The van der Waals surface area contributed by atoms with Crippen LogP contribution in [-0.4, -0.2) is 46.8 Å². The topological polar surface area (TPSA) is 48.5 Å². The first-order valence-electron chi connectivity index (χ1n) is 11.3. The summed E-state index contributed by atoms with van der Waals surface area (Å²) in [6.07, 6.45) is 3.65. The molecule has 4 aromatic rings. The molecule has 4 nitrogen and oxygen atoms in total. The van der Waals surface area contributed by atoms with E-state index in [-0.39, 0.29) is 0 Å². The minimum absolute atomic E-state index is 0.307. The number of aliphatic hydroxyl groups is 1. The fourth-order valence-electron chi connectivity index (χ4n) is 4.95. The Kier molecular flexibility index (Phi) is 5.66. The van der Waals surface area contributed by atoms with E-state index >= 15 is 0 Å². The highest BCUT2D eigenvalue weighted by atomic mass is 16.5. The molecule has 1 aromatic heterocycles. The van der Waals surface area contributed by atoms with E-state index in [0.29, 0.717) is 25.1 Å². The number of hydrogen-bond donors (Lipinski definition) is 2. The van der Waals surface area contributed by atoms with Crippen LogP contribution in [0.4, 0.5) is 0 Å². The van der Waals surface area contributed by atoms with E-state index in [4.69, 9.17) is 4.74 Å². The van der Waals surface area contributed by atoms with Crippen LogP contribution in [0.3, 0.4) is 0 Å². The molecule has 0 saturated carbocycles. The van der Waals surface area contributed by atoms with Crippen molar-refractivity contribution >= 4 is 21.7 Å². The normalized spacial score (nSPS) is 20.8. The Bertz CT molecular complexity index is 1170. The summed E-state index contributed by atoms with van der Waals surface area (Å²) in [5, 5.41) is 14.3. The number of benzene rings is 3. The van der Waals surface area contributed by atoms with Crippen LogP contribution in [0, 0.1) is 0 Å². The average Bonchev–Trinajstić information content (AvgIpc) is 3.28. The van der Waals surface area contributed by atoms with Gasteiger partial charge in [0, 0.05) is 29.7 Å². The lowest BCUT2D eigenvalue weighted by atomic mass is 9.85. The Morgan fingerprint density at radius 2 is 1.94 bits per heavy atom. The van der Waals surface area contributed by atoms with Crippen molar-refractivity contribution < 1.29 is 9.84 Å². The van der Waals surface area contributed by atoms with Crippen LogP contribution in [0.15, 0.2) is 72.9 Å². The third-order valence-corrected chi connectivity index (χ3v) is 6.69. The zero-order valence-electron chi connectivity index (χ0n) is 18.0. The fraction of sp³-hybridized carbons (Fsp3) is 0.333. The smallest absolute Gasteiger partial charge is 0.128 e. The molecular weight excluding hydrogens is 384 g/mol. The standard InChI is InChI=1S/C27H30N2O2/c1-19-15-23(22-10-9-20-5-2-3-6-21(20)16-22)12-14-29(19)17-24(30)18-31-27-8-4-7-26-25(27)11-13-28-26/h2-11,13,16,19,23-24,28,30H,12,14-15,17-18H2,1H3/t19-,23+,24+/m1/s1. The van der Waals surface area contributed by atoms with Gasteiger partial charge in [0.15, 0.2) is 0 Å². The number of likely N-dealkylation sites (tertiary alicyclic amines) is 1. The Balaban J connectivity index is 1.17. The van der Waals surface area contributed by atoms with Gasteiger partial charge in [-0.1, -0.05) is 48.5 Å². The highest BCUT2D eigenvalue weighted by Gasteiger charge is 2.28. The van der Waals surface area contributed by atoms with Crippen molar-refractivity contribution in [3.05, 3.63) is 78.5 Å². The molecule has 0 unspecified atom stereocenters. The van der Waals surface area contributed by atoms with Crippen molar-refractivity contribution in [3.8, 4) is 5.75 Å². The number of piperidine rings is 1. The summed E-state index contributed by atoms with van der Waals surface area (Å²) in [6, 6.07) is 23.9. The number of aromatic nitrogens is 1. The Morgan fingerprint density at radius 1 is 1.06 bits per heavy atom. The van der Waals surface area contributed by atoms with E-state index < -0.39 is 6.10 Å². The minimum Gasteiger partial charge on any atom is -0.490 e. The summed E-state index contributed by atoms with van der Waals surface area (Å²) in [4.78, 5) is 5.60. The van der Waals surface area contributed by atoms with E-state index in [1.54, 1.807) is 0 Å². The fourth-order valence-corrected chi connectivity index (χ4v) is 4.95. The van der Waals surface area contributed by atoms with Crippen molar-refractivity contribution in [1.82, 2.24) is 9.88 Å². The molecule has 1 aliphatic rings. The first-order valence-corrected chi connectivity index (χ1v) is 11.3. The molecule has 3 atom stereocenters. The van der Waals surface area contributed by atoms with Gasteiger partial charge < -0.3 is 14.8 Å². The summed E-state index contributed by atoms with van der Waals surface area (Å²) in [5.41, 5.74) is 2.49. The zero-order valence-corrected chi connectivity index (χ0v) is 18.0. The van der Waals surface area contributed by atoms with Crippen LogP contribution in [0.25, 0.3) is 21.7 Å². The minimum atomic E-state index is -0.506. The number of rotatable bonds is 6. The van der Waals surface area contributed by atoms with Gasteiger partial charge in [0.2, 0.25) is 0 Å². The van der Waals surface area contributed by atoms with E-state index in [0.717, 1.165) is 36.0 Å². The van der Waals surface area contributed by atoms with E-state index in [1.807, 2.05) is 30.5 Å². The first kappa shape index (κ1) is 20.1. The number of nitrogens with one attached hydrogen (secondary N) is 1. The number of aromatic amines is 1. The summed E-state index contributed by atoms with van der Waals surface area (Å²) in [5.74, 6) is 1.40. The monoisotopic (exact) mass is 414 g/mol. The molecule has 5 rings (SSSR count). The molecule has 4 heteroatoms. The number of H-pyrrole nitrogens is 1. The van der Waals surface area contributed by atoms with Gasteiger partial charge in [0.25, 0.3) is 0 Å². The maximum absolute atomic E-state index is 10.6. The SMILES string of the molecule is C[C@@H]1C[C@@H](c2ccc3ccccc3c2)CCN1C[C@H](O)COc1cccc2[nH]ccc12. The van der Waals surface area contributed by atoms with Crippen molar-refractivity contribution in [3.63, 3.8) is 0 Å². The average molecular weight is 415 g/mol. The molecule has 0 aliphatic carbocycles. The lowest BCUT2D eigenvalue weighted by Crippen LogP contribution is -2.45. The van der Waals surface area contributed by atoms with Crippen molar-refractivity contribution in [2.75, 3.05) is 19.7 Å². The molecule has 3 aromatic carbocycles. The van der Waals surface area contributed by atoms with Gasteiger partial charge in [-0.05, 0) is 66.8 Å². The number of nitrogens with zero attached hydrogens (tertiary/aromatic N) is 1. The summed E-state index contributed by atoms with van der Waals surface area (Å²) < 4.78 is 5.95. The summed E-state index contributed by atoms with van der Waals surface area (Å²) in [6.45, 7) is 4.24. The second-order valence-electron chi connectivity index (χ2n) is 8.83. The predicted octanol–water partition coefficient (Wildman–Crippen LogP) is 5.33. The molecule has 0 bridgehead atoms. The maximum Gasteiger partial charge on any atom is 0.128 e. The number of aliphatic hydroxyl groups excluding tert-OH is 1. The molecular formula is C27H30N2O2. The highest BCUT2D eigenvalue weighted by Crippen LogP contribution is 2.33. The van der Waals surface area contributed by atoms with Crippen LogP contribution in [0.1, 0.15) is 31.2 Å². The third kappa shape index (κ3) is 4.32. The van der Waals surface area contributed by atoms with E-state index in [1.165, 1.54) is 16.3 Å². The molecule has 31 heavy (non-hydrogen) atoms. The predicted molar refractivity (Wildman–Crippen MR) is 127 cm³/mol. The molecule has 1 saturated heterocycles. The van der Waals surface area contributed by atoms with Crippen LogP contribution < -0.4 is 4.74 Å².